The van der Waals surface area contributed by atoms with Crippen LogP contribution in [0.25, 0.3) is 0 Å². The molecule has 0 saturated carbocycles. The molecule has 2 aromatic heterocycles. The van der Waals surface area contributed by atoms with Gasteiger partial charge < -0.3 is 10.4 Å². The maximum absolute atomic E-state index is 12.1. The Labute approximate surface area is 121 Å². The van der Waals surface area contributed by atoms with Crippen molar-refractivity contribution in [2.24, 2.45) is 7.05 Å². The molecule has 2 rings (SSSR count). The number of thiophene rings is 1. The van der Waals surface area contributed by atoms with Crippen molar-refractivity contribution in [3.8, 4) is 11.8 Å². The van der Waals surface area contributed by atoms with Crippen molar-refractivity contribution < 1.29 is 9.90 Å². The van der Waals surface area contributed by atoms with E-state index in [0.29, 0.717) is 17.8 Å². The fraction of sp³-hybridized carbons (Fsp3) is 0.286. The molecular weight excluding hydrogens is 274 g/mol. The van der Waals surface area contributed by atoms with Crippen LogP contribution in [0.5, 0.6) is 0 Å². The summed E-state index contributed by atoms with van der Waals surface area (Å²) in [7, 11) is 1.78. The molecule has 0 aliphatic rings. The van der Waals surface area contributed by atoms with Crippen molar-refractivity contribution in [2.75, 3.05) is 6.61 Å². The topological polar surface area (TPSA) is 67.2 Å². The minimum atomic E-state index is -0.170. The minimum Gasteiger partial charge on any atom is -0.384 e. The number of aliphatic hydroxyl groups excluding tert-OH is 1. The highest BCUT2D eigenvalue weighted by Gasteiger charge is 2.12. The van der Waals surface area contributed by atoms with Crippen molar-refractivity contribution >= 4 is 17.2 Å². The number of hydrogen-bond donors (Lipinski definition) is 2. The Morgan fingerprint density at radius 1 is 1.60 bits per heavy atom. The number of amides is 1. The molecule has 0 fully saturated rings. The molecule has 0 aromatic carbocycles. The highest BCUT2D eigenvalue weighted by molar-refractivity contribution is 7.10. The number of carbonyl (C=O) groups excluding carboxylic acids is 1. The van der Waals surface area contributed by atoms with Gasteiger partial charge in [0.15, 0.2) is 0 Å². The van der Waals surface area contributed by atoms with E-state index in [9.17, 15) is 4.79 Å². The fourth-order valence-corrected chi connectivity index (χ4v) is 2.57. The summed E-state index contributed by atoms with van der Waals surface area (Å²) >= 11 is 1.53. The number of carbonyl (C=O) groups is 1. The molecule has 0 bridgehead atoms. The smallest absolute Gasteiger partial charge is 0.255 e. The van der Waals surface area contributed by atoms with Gasteiger partial charge in [0.1, 0.15) is 6.61 Å². The van der Waals surface area contributed by atoms with Gasteiger partial charge >= 0.3 is 0 Å². The van der Waals surface area contributed by atoms with Gasteiger partial charge in [0.25, 0.3) is 5.91 Å². The molecule has 5 nitrogen and oxygen atoms in total. The van der Waals surface area contributed by atoms with Crippen molar-refractivity contribution in [2.45, 2.75) is 13.5 Å². The van der Waals surface area contributed by atoms with Crippen LogP contribution >= 0.6 is 11.3 Å². The van der Waals surface area contributed by atoms with E-state index in [2.05, 4.69) is 22.3 Å². The van der Waals surface area contributed by atoms with E-state index in [-0.39, 0.29) is 12.5 Å². The number of nitrogens with zero attached hydrogens (tertiary/aromatic N) is 2. The third kappa shape index (κ3) is 3.26. The maximum atomic E-state index is 12.1. The lowest BCUT2D eigenvalue weighted by atomic mass is 10.2. The van der Waals surface area contributed by atoms with Gasteiger partial charge in [0, 0.05) is 23.7 Å². The zero-order chi connectivity index (χ0) is 14.5. The molecule has 0 atom stereocenters. The molecule has 0 spiro atoms. The lowest BCUT2D eigenvalue weighted by molar-refractivity contribution is 0.0950. The normalized spacial score (nSPS) is 9.95. The van der Waals surface area contributed by atoms with Gasteiger partial charge in [-0.1, -0.05) is 11.8 Å². The Morgan fingerprint density at radius 3 is 3.05 bits per heavy atom. The molecule has 20 heavy (non-hydrogen) atoms. The Balaban J connectivity index is 2.04. The SMILES string of the molecule is Cc1nn(C)cc1C(=O)NCc1sccc1C#CCO. The summed E-state index contributed by atoms with van der Waals surface area (Å²) in [5.74, 6) is 5.33. The third-order valence-electron chi connectivity index (χ3n) is 2.72. The second kappa shape index (κ2) is 6.37. The summed E-state index contributed by atoms with van der Waals surface area (Å²) in [5.41, 5.74) is 2.12. The molecule has 2 heterocycles. The average Bonchev–Trinajstić information content (AvgIpc) is 2.99. The van der Waals surface area contributed by atoms with Crippen LogP contribution in [-0.2, 0) is 13.6 Å². The predicted octanol–water partition coefficient (Wildman–Crippen LogP) is 1.06. The van der Waals surface area contributed by atoms with Crippen LogP contribution in [0, 0.1) is 18.8 Å². The van der Waals surface area contributed by atoms with E-state index in [0.717, 1.165) is 10.4 Å². The molecule has 0 saturated heterocycles. The molecule has 104 valence electrons. The molecule has 6 heteroatoms. The summed E-state index contributed by atoms with van der Waals surface area (Å²) in [6.07, 6.45) is 1.70. The highest BCUT2D eigenvalue weighted by Crippen LogP contribution is 2.15. The molecule has 0 unspecified atom stereocenters. The molecule has 2 aromatic rings. The molecule has 0 radical (unpaired) electrons. The summed E-state index contributed by atoms with van der Waals surface area (Å²) < 4.78 is 1.62. The first-order chi connectivity index (χ1) is 9.61. The fourth-order valence-electron chi connectivity index (χ4n) is 1.80. The van der Waals surface area contributed by atoms with Crippen molar-refractivity contribution in [1.82, 2.24) is 15.1 Å². The minimum absolute atomic E-state index is 0.148. The Hall–Kier alpha value is -2.10. The number of aryl methyl sites for hydroxylation is 2. The van der Waals surface area contributed by atoms with E-state index >= 15 is 0 Å². The zero-order valence-corrected chi connectivity index (χ0v) is 12.1. The van der Waals surface area contributed by atoms with Gasteiger partial charge in [-0.25, -0.2) is 0 Å². The standard InChI is InChI=1S/C14H15N3O2S/c1-10-12(9-17(2)16-10)14(19)15-8-13-11(4-3-6-18)5-7-20-13/h5,7,9,18H,6,8H2,1-2H3,(H,15,19). The summed E-state index contributed by atoms with van der Waals surface area (Å²) in [6.45, 7) is 2.05. The number of nitrogens with one attached hydrogen (secondary N) is 1. The van der Waals surface area contributed by atoms with Crippen LogP contribution in [0.3, 0.4) is 0 Å². The number of hydrogen-bond acceptors (Lipinski definition) is 4. The van der Waals surface area contributed by atoms with E-state index in [1.165, 1.54) is 11.3 Å². The van der Waals surface area contributed by atoms with Gasteiger partial charge in [0.05, 0.1) is 17.8 Å². The van der Waals surface area contributed by atoms with Crippen molar-refractivity contribution in [3.05, 3.63) is 39.3 Å². The zero-order valence-electron chi connectivity index (χ0n) is 11.3. The Kier molecular flexibility index (Phi) is 4.56. The third-order valence-corrected chi connectivity index (χ3v) is 3.64. The maximum Gasteiger partial charge on any atom is 0.255 e. The molecule has 2 N–H and O–H groups in total. The molecule has 1 amide bonds. The predicted molar refractivity (Wildman–Crippen MR) is 77.4 cm³/mol. The Bertz CT molecular complexity index is 676. The first kappa shape index (κ1) is 14.3. The van der Waals surface area contributed by atoms with Gasteiger partial charge in [-0.05, 0) is 18.4 Å². The lowest BCUT2D eigenvalue weighted by Gasteiger charge is -2.03. The first-order valence-electron chi connectivity index (χ1n) is 6.06. The highest BCUT2D eigenvalue weighted by atomic mass is 32.1. The second-order valence-electron chi connectivity index (χ2n) is 4.20. The Morgan fingerprint density at radius 2 is 2.40 bits per heavy atom. The summed E-state index contributed by atoms with van der Waals surface area (Å²) in [5, 5.41) is 17.6. The largest absolute Gasteiger partial charge is 0.384 e. The van der Waals surface area contributed by atoms with E-state index in [1.54, 1.807) is 24.9 Å². The van der Waals surface area contributed by atoms with Crippen LogP contribution in [0.1, 0.15) is 26.5 Å². The molecule has 0 aliphatic carbocycles. The first-order valence-corrected chi connectivity index (χ1v) is 6.94. The molecular formula is C14H15N3O2S. The van der Waals surface area contributed by atoms with Crippen molar-refractivity contribution in [1.29, 1.82) is 0 Å². The van der Waals surface area contributed by atoms with Crippen LogP contribution in [0.15, 0.2) is 17.6 Å². The molecule has 0 aliphatic heterocycles. The lowest BCUT2D eigenvalue weighted by Crippen LogP contribution is -2.23. The van der Waals surface area contributed by atoms with Gasteiger partial charge in [-0.15, -0.1) is 11.3 Å². The monoisotopic (exact) mass is 289 g/mol. The number of aliphatic hydroxyl groups is 1. The van der Waals surface area contributed by atoms with Crippen LogP contribution in [-0.4, -0.2) is 27.4 Å². The van der Waals surface area contributed by atoms with Gasteiger partial charge in [-0.2, -0.15) is 5.10 Å². The summed E-state index contributed by atoms with van der Waals surface area (Å²) in [6, 6.07) is 1.88. The van der Waals surface area contributed by atoms with Crippen molar-refractivity contribution in [3.63, 3.8) is 0 Å². The van der Waals surface area contributed by atoms with Gasteiger partial charge in [-0.3, -0.25) is 9.48 Å². The average molecular weight is 289 g/mol. The van der Waals surface area contributed by atoms with Crippen LogP contribution in [0.2, 0.25) is 0 Å². The summed E-state index contributed by atoms with van der Waals surface area (Å²) in [4.78, 5) is 13.0. The van der Waals surface area contributed by atoms with Crippen LogP contribution in [0.4, 0.5) is 0 Å². The quantitative estimate of drug-likeness (QED) is 0.830. The second-order valence-corrected chi connectivity index (χ2v) is 5.20. The van der Waals surface area contributed by atoms with Gasteiger partial charge in [0.2, 0.25) is 0 Å². The number of aromatic nitrogens is 2. The number of rotatable bonds is 3. The van der Waals surface area contributed by atoms with Crippen LogP contribution < -0.4 is 5.32 Å². The van der Waals surface area contributed by atoms with E-state index in [1.807, 2.05) is 11.4 Å². The van der Waals surface area contributed by atoms with E-state index in [4.69, 9.17) is 5.11 Å². The van der Waals surface area contributed by atoms with E-state index < -0.39 is 0 Å².